The van der Waals surface area contributed by atoms with Crippen LogP contribution < -0.4 is 0 Å². The predicted molar refractivity (Wildman–Crippen MR) is 145 cm³/mol. The maximum atomic E-state index is 6.10. The van der Waals surface area contributed by atoms with E-state index in [0.29, 0.717) is 0 Å². The van der Waals surface area contributed by atoms with Crippen LogP contribution in [0.15, 0.2) is 48.5 Å². The number of hydrogen-bond acceptors (Lipinski definition) is 0. The van der Waals surface area contributed by atoms with Crippen molar-refractivity contribution in [3.8, 4) is 0 Å². The zero-order chi connectivity index (χ0) is 20.9. The molecule has 0 saturated heterocycles. The second kappa shape index (κ2) is 20.8. The molecule has 0 nitrogen and oxygen atoms in total. The van der Waals surface area contributed by atoms with Gasteiger partial charge in [0.25, 0.3) is 0 Å². The summed E-state index contributed by atoms with van der Waals surface area (Å²) in [5.74, 6) is 1.78. The van der Waals surface area contributed by atoms with Gasteiger partial charge in [-0.05, 0) is 47.9 Å². The fraction of sp³-hybridized carbons (Fsp3) is 0.481. The van der Waals surface area contributed by atoms with Crippen LogP contribution in [0, 0.1) is 26.7 Å². The van der Waals surface area contributed by atoms with Gasteiger partial charge >= 0.3 is 37.9 Å². The summed E-state index contributed by atoms with van der Waals surface area (Å²) in [6, 6.07) is 16.5. The van der Waals surface area contributed by atoms with E-state index < -0.39 is 20.8 Å². The molecule has 0 atom stereocenters. The fourth-order valence-corrected chi connectivity index (χ4v) is 4.80. The molecule has 32 heavy (non-hydrogen) atoms. The molecule has 2 fully saturated rings. The third kappa shape index (κ3) is 13.4. The molecule has 0 unspecified atom stereocenters. The van der Waals surface area contributed by atoms with Gasteiger partial charge in [-0.2, -0.15) is 0 Å². The number of hydrogen-bond donors (Lipinski definition) is 0. The predicted octanol–water partition coefficient (Wildman–Crippen LogP) is 11.1. The molecule has 2 aliphatic rings. The number of benzene rings is 2. The van der Waals surface area contributed by atoms with Crippen molar-refractivity contribution in [2.24, 2.45) is 11.8 Å². The van der Waals surface area contributed by atoms with Crippen LogP contribution in [0.25, 0.3) is 0 Å². The van der Waals surface area contributed by atoms with Crippen molar-refractivity contribution in [2.75, 3.05) is 0 Å². The Morgan fingerprint density at radius 1 is 0.625 bits per heavy atom. The topological polar surface area (TPSA) is 0 Å². The first-order chi connectivity index (χ1) is 14.1. The maximum absolute atomic E-state index is 6.10. The van der Waals surface area contributed by atoms with Crippen molar-refractivity contribution in [1.29, 1.82) is 0 Å². The summed E-state index contributed by atoms with van der Waals surface area (Å²) < 4.78 is 0. The minimum atomic E-state index is -0.826. The molecule has 0 aliphatic heterocycles. The van der Waals surface area contributed by atoms with E-state index in [1.54, 1.807) is 0 Å². The van der Waals surface area contributed by atoms with E-state index in [1.807, 2.05) is 24.3 Å². The molecule has 5 heteroatoms. The SMILES string of the molecule is C.Clc1ccccc1CC1CCCC1.Clc1ccccc1CC1CCCC1.[CH3-].[CH3-].[Cl][Zr+2][Cl]. The zero-order valence-corrected chi connectivity index (χ0v) is 24.3. The summed E-state index contributed by atoms with van der Waals surface area (Å²) in [4.78, 5) is 0. The summed E-state index contributed by atoms with van der Waals surface area (Å²) >= 11 is 11.4. The van der Waals surface area contributed by atoms with E-state index in [1.165, 1.54) is 75.3 Å². The van der Waals surface area contributed by atoms with Crippen molar-refractivity contribution in [3.05, 3.63) is 84.6 Å². The molecule has 0 N–H and O–H groups in total. The molecule has 0 aromatic heterocycles. The fourth-order valence-electron chi connectivity index (χ4n) is 4.38. The standard InChI is InChI=1S/2C12H15Cl.CH4.2CH3.2ClH.Zr/c2*13-12-8-4-3-7-11(12)9-10-5-1-2-6-10;;;;;;/h2*3-4,7-8,10H,1-2,5-6,9H2;1H4;2*1H3;2*1H;/q;;;2*-1;;;+4/p-2. The van der Waals surface area contributed by atoms with Crippen molar-refractivity contribution in [1.82, 2.24) is 0 Å². The quantitative estimate of drug-likeness (QED) is 0.308. The van der Waals surface area contributed by atoms with Crippen LogP contribution in [0.3, 0.4) is 0 Å². The molecule has 4 rings (SSSR count). The van der Waals surface area contributed by atoms with Crippen LogP contribution in [0.1, 0.15) is 69.9 Å². The summed E-state index contributed by atoms with van der Waals surface area (Å²) in [7, 11) is 9.87. The number of rotatable bonds is 4. The van der Waals surface area contributed by atoms with Crippen LogP contribution in [0.4, 0.5) is 0 Å². The average Bonchev–Trinajstić information content (AvgIpc) is 3.41. The molecule has 0 bridgehead atoms. The molecule has 0 spiro atoms. The van der Waals surface area contributed by atoms with Crippen molar-refractivity contribution in [3.63, 3.8) is 0 Å². The molecule has 0 heterocycles. The Bertz CT molecular complexity index is 636. The van der Waals surface area contributed by atoms with Gasteiger partial charge in [-0.25, -0.2) is 0 Å². The molecule has 2 aliphatic carbocycles. The summed E-state index contributed by atoms with van der Waals surface area (Å²) in [6.07, 6.45) is 13.6. The van der Waals surface area contributed by atoms with Gasteiger partial charge in [0.05, 0.1) is 0 Å². The Balaban J connectivity index is 0. The zero-order valence-electron chi connectivity index (χ0n) is 18.9. The molecule has 0 amide bonds. The molecule has 2 saturated carbocycles. The van der Waals surface area contributed by atoms with Gasteiger partial charge in [0.1, 0.15) is 0 Å². The first kappa shape index (κ1) is 34.6. The monoisotopic (exact) mass is 594 g/mol. The van der Waals surface area contributed by atoms with Crippen LogP contribution >= 0.6 is 40.2 Å². The van der Waals surface area contributed by atoms with E-state index >= 15 is 0 Å². The van der Waals surface area contributed by atoms with E-state index in [2.05, 4.69) is 24.3 Å². The molecular weight excluding hydrogens is 557 g/mol. The normalized spacial score (nSPS) is 14.9. The van der Waals surface area contributed by atoms with Crippen LogP contribution in [0.5, 0.6) is 0 Å². The van der Waals surface area contributed by atoms with Gasteiger partial charge in [-0.15, -0.1) is 0 Å². The molecule has 180 valence electrons. The third-order valence-electron chi connectivity index (χ3n) is 5.88. The van der Waals surface area contributed by atoms with E-state index in [0.717, 1.165) is 21.9 Å². The Labute approximate surface area is 227 Å². The van der Waals surface area contributed by atoms with Crippen molar-refractivity contribution >= 4 is 40.2 Å². The van der Waals surface area contributed by atoms with Crippen molar-refractivity contribution in [2.45, 2.75) is 71.6 Å². The van der Waals surface area contributed by atoms with E-state index in [-0.39, 0.29) is 22.3 Å². The molecule has 2 aromatic carbocycles. The Hall–Kier alpha value is 0.483. The molecular formula is C27H40Cl4Zr. The first-order valence-corrected chi connectivity index (χ1v) is 17.7. The summed E-state index contributed by atoms with van der Waals surface area (Å²) in [5.41, 5.74) is 2.66. The van der Waals surface area contributed by atoms with Crippen molar-refractivity contribution < 1.29 is 20.8 Å². The summed E-state index contributed by atoms with van der Waals surface area (Å²) in [6.45, 7) is 0. The number of halogens is 4. The van der Waals surface area contributed by atoms with Gasteiger partial charge in [0.15, 0.2) is 0 Å². The molecule has 0 radical (unpaired) electrons. The van der Waals surface area contributed by atoms with Gasteiger partial charge in [-0.1, -0.05) is 118 Å². The Morgan fingerprint density at radius 3 is 1.19 bits per heavy atom. The summed E-state index contributed by atoms with van der Waals surface area (Å²) in [5, 5.41) is 1.88. The second-order valence-corrected chi connectivity index (χ2v) is 12.5. The minimum absolute atomic E-state index is 0. The van der Waals surface area contributed by atoms with Crippen LogP contribution in [-0.4, -0.2) is 0 Å². The van der Waals surface area contributed by atoms with Crippen LogP contribution in [0.2, 0.25) is 10.0 Å². The Morgan fingerprint density at radius 2 is 0.906 bits per heavy atom. The van der Waals surface area contributed by atoms with E-state index in [9.17, 15) is 0 Å². The van der Waals surface area contributed by atoms with Gasteiger partial charge in [-0.3, -0.25) is 0 Å². The van der Waals surface area contributed by atoms with Crippen LogP contribution in [-0.2, 0) is 33.7 Å². The third-order valence-corrected chi connectivity index (χ3v) is 6.62. The first-order valence-electron chi connectivity index (χ1n) is 10.6. The van der Waals surface area contributed by atoms with E-state index in [4.69, 9.17) is 40.2 Å². The Kier molecular flexibility index (Phi) is 22.5. The van der Waals surface area contributed by atoms with Gasteiger partial charge < -0.3 is 14.9 Å². The van der Waals surface area contributed by atoms with Gasteiger partial charge in [0, 0.05) is 10.0 Å². The molecule has 2 aromatic rings. The van der Waals surface area contributed by atoms with Gasteiger partial charge in [0.2, 0.25) is 0 Å². The second-order valence-electron chi connectivity index (χ2n) is 7.96. The average molecular weight is 598 g/mol.